The molecule has 2 aromatic rings. The van der Waals surface area contributed by atoms with Gasteiger partial charge in [0.2, 0.25) is 0 Å². The van der Waals surface area contributed by atoms with Gasteiger partial charge in [0.05, 0.1) is 15.5 Å². The van der Waals surface area contributed by atoms with Gasteiger partial charge in [-0.1, -0.05) is 6.07 Å². The number of benzene rings is 1. The molecule has 0 aliphatic carbocycles. The minimum atomic E-state index is 0.531. The van der Waals surface area contributed by atoms with Gasteiger partial charge in [-0.15, -0.1) is 11.8 Å². The molecule has 1 aromatic carbocycles. The first-order valence-corrected chi connectivity index (χ1v) is 7.13. The van der Waals surface area contributed by atoms with E-state index in [4.69, 9.17) is 5.73 Å². The first kappa shape index (κ1) is 11.9. The zero-order valence-corrected chi connectivity index (χ0v) is 11.8. The van der Waals surface area contributed by atoms with Gasteiger partial charge in [0.15, 0.2) is 0 Å². The predicted molar refractivity (Wildman–Crippen MR) is 76.0 cm³/mol. The maximum atomic E-state index is 5.81. The molecule has 3 nitrogen and oxygen atoms in total. The van der Waals surface area contributed by atoms with Gasteiger partial charge in [-0.25, -0.2) is 4.68 Å². The fourth-order valence-electron chi connectivity index (χ4n) is 1.60. The molecule has 0 fully saturated rings. The summed E-state index contributed by atoms with van der Waals surface area (Å²) < 4.78 is 3.00. The molecule has 0 spiro atoms. The minimum Gasteiger partial charge on any atom is -0.326 e. The molecule has 16 heavy (non-hydrogen) atoms. The highest BCUT2D eigenvalue weighted by Crippen LogP contribution is 2.25. The standard InChI is InChI=1S/C11H12IN3S/c1-16-11-4-2-3-10(9(11)5-13)15-7-8(12)6-14-15/h2-4,6-7H,5,13H2,1H3. The molecular formula is C11H12IN3S. The van der Waals surface area contributed by atoms with Crippen molar-refractivity contribution in [1.29, 1.82) is 0 Å². The lowest BCUT2D eigenvalue weighted by Gasteiger charge is -2.11. The number of thioether (sulfide) groups is 1. The van der Waals surface area contributed by atoms with Crippen LogP contribution in [0.1, 0.15) is 5.56 Å². The fourth-order valence-corrected chi connectivity index (χ4v) is 2.64. The van der Waals surface area contributed by atoms with Crippen molar-refractivity contribution in [3.63, 3.8) is 0 Å². The van der Waals surface area contributed by atoms with E-state index in [1.165, 1.54) is 4.90 Å². The monoisotopic (exact) mass is 345 g/mol. The van der Waals surface area contributed by atoms with Gasteiger partial charge in [-0.3, -0.25) is 0 Å². The largest absolute Gasteiger partial charge is 0.326 e. The van der Waals surface area contributed by atoms with E-state index < -0.39 is 0 Å². The molecule has 5 heteroatoms. The molecule has 0 saturated carbocycles. The average molecular weight is 345 g/mol. The van der Waals surface area contributed by atoms with Crippen LogP contribution in [-0.4, -0.2) is 16.0 Å². The summed E-state index contributed by atoms with van der Waals surface area (Å²) in [4.78, 5) is 1.21. The summed E-state index contributed by atoms with van der Waals surface area (Å²) in [7, 11) is 0. The smallest absolute Gasteiger partial charge is 0.0702 e. The first-order valence-electron chi connectivity index (χ1n) is 4.82. The lowest BCUT2D eigenvalue weighted by molar-refractivity contribution is 0.848. The Morgan fingerprint density at radius 2 is 2.31 bits per heavy atom. The molecular weight excluding hydrogens is 333 g/mol. The Morgan fingerprint density at radius 3 is 2.88 bits per heavy atom. The van der Waals surface area contributed by atoms with Crippen LogP contribution in [0, 0.1) is 3.57 Å². The summed E-state index contributed by atoms with van der Waals surface area (Å²) in [6.07, 6.45) is 5.90. The summed E-state index contributed by atoms with van der Waals surface area (Å²) >= 11 is 3.96. The molecule has 0 amide bonds. The molecule has 0 aliphatic rings. The van der Waals surface area contributed by atoms with Crippen LogP contribution in [0.5, 0.6) is 0 Å². The van der Waals surface area contributed by atoms with Gasteiger partial charge in [0, 0.05) is 23.2 Å². The van der Waals surface area contributed by atoms with Crippen LogP contribution in [0.4, 0.5) is 0 Å². The van der Waals surface area contributed by atoms with Crippen LogP contribution in [0.3, 0.4) is 0 Å². The molecule has 0 bridgehead atoms. The van der Waals surface area contributed by atoms with Crippen molar-refractivity contribution in [2.24, 2.45) is 5.73 Å². The normalized spacial score (nSPS) is 10.7. The summed E-state index contributed by atoms with van der Waals surface area (Å²) in [6.45, 7) is 0.531. The number of aromatic nitrogens is 2. The van der Waals surface area contributed by atoms with Crippen molar-refractivity contribution in [3.05, 3.63) is 39.7 Å². The van der Waals surface area contributed by atoms with E-state index in [1.807, 2.05) is 29.2 Å². The molecule has 1 aromatic heterocycles. The summed E-state index contributed by atoms with van der Waals surface area (Å²) in [5, 5.41) is 4.31. The Labute approximate surface area is 113 Å². The van der Waals surface area contributed by atoms with E-state index in [0.29, 0.717) is 6.54 Å². The van der Waals surface area contributed by atoms with E-state index in [1.54, 1.807) is 11.8 Å². The first-order chi connectivity index (χ1) is 7.76. The Balaban J connectivity index is 2.56. The number of hydrogen-bond donors (Lipinski definition) is 1. The quantitative estimate of drug-likeness (QED) is 0.687. The second kappa shape index (κ2) is 5.20. The third-order valence-corrected chi connectivity index (χ3v) is 3.71. The zero-order valence-electron chi connectivity index (χ0n) is 8.85. The van der Waals surface area contributed by atoms with Gasteiger partial charge >= 0.3 is 0 Å². The van der Waals surface area contributed by atoms with Gasteiger partial charge < -0.3 is 5.73 Å². The van der Waals surface area contributed by atoms with Gasteiger partial charge in [-0.2, -0.15) is 5.10 Å². The molecule has 84 valence electrons. The van der Waals surface area contributed by atoms with Crippen LogP contribution in [-0.2, 0) is 6.54 Å². The Morgan fingerprint density at radius 1 is 1.50 bits per heavy atom. The zero-order chi connectivity index (χ0) is 11.5. The minimum absolute atomic E-state index is 0.531. The molecule has 0 saturated heterocycles. The highest BCUT2D eigenvalue weighted by atomic mass is 127. The number of nitrogens with zero attached hydrogens (tertiary/aromatic N) is 2. The molecule has 0 aliphatic heterocycles. The second-order valence-corrected chi connectivity index (χ2v) is 5.36. The molecule has 2 N–H and O–H groups in total. The second-order valence-electron chi connectivity index (χ2n) is 3.27. The van der Waals surface area contributed by atoms with Gasteiger partial charge in [-0.05, 0) is 41.0 Å². The molecule has 0 radical (unpaired) electrons. The van der Waals surface area contributed by atoms with Crippen molar-refractivity contribution in [2.75, 3.05) is 6.26 Å². The SMILES string of the molecule is CSc1cccc(-n2cc(I)cn2)c1CN. The van der Waals surface area contributed by atoms with E-state index >= 15 is 0 Å². The third-order valence-electron chi connectivity index (χ3n) is 2.33. The van der Waals surface area contributed by atoms with Crippen molar-refractivity contribution in [1.82, 2.24) is 9.78 Å². The van der Waals surface area contributed by atoms with Crippen molar-refractivity contribution >= 4 is 34.4 Å². The van der Waals surface area contributed by atoms with Crippen LogP contribution in [0.25, 0.3) is 5.69 Å². The van der Waals surface area contributed by atoms with Crippen molar-refractivity contribution in [2.45, 2.75) is 11.4 Å². The van der Waals surface area contributed by atoms with Crippen LogP contribution < -0.4 is 5.73 Å². The topological polar surface area (TPSA) is 43.8 Å². The molecule has 2 rings (SSSR count). The van der Waals surface area contributed by atoms with Crippen LogP contribution >= 0.6 is 34.4 Å². The number of rotatable bonds is 3. The third kappa shape index (κ3) is 2.26. The van der Waals surface area contributed by atoms with Crippen molar-refractivity contribution in [3.8, 4) is 5.69 Å². The Kier molecular flexibility index (Phi) is 3.88. The highest BCUT2D eigenvalue weighted by Gasteiger charge is 2.08. The lowest BCUT2D eigenvalue weighted by Crippen LogP contribution is -2.06. The molecule has 0 atom stereocenters. The summed E-state index contributed by atoms with van der Waals surface area (Å²) in [5.74, 6) is 0. The fraction of sp³-hybridized carbons (Fsp3) is 0.182. The van der Waals surface area contributed by atoms with E-state index in [9.17, 15) is 0 Å². The molecule has 0 unspecified atom stereocenters. The Bertz CT molecular complexity index is 496. The van der Waals surface area contributed by atoms with E-state index in [0.717, 1.165) is 14.8 Å². The van der Waals surface area contributed by atoms with Crippen molar-refractivity contribution < 1.29 is 0 Å². The summed E-state index contributed by atoms with van der Waals surface area (Å²) in [5.41, 5.74) is 8.03. The summed E-state index contributed by atoms with van der Waals surface area (Å²) in [6, 6.07) is 6.17. The van der Waals surface area contributed by atoms with Gasteiger partial charge in [0.25, 0.3) is 0 Å². The van der Waals surface area contributed by atoms with E-state index in [-0.39, 0.29) is 0 Å². The van der Waals surface area contributed by atoms with E-state index in [2.05, 4.69) is 40.0 Å². The predicted octanol–water partition coefficient (Wildman–Crippen LogP) is 2.66. The number of hydrogen-bond acceptors (Lipinski definition) is 3. The lowest BCUT2D eigenvalue weighted by atomic mass is 10.2. The highest BCUT2D eigenvalue weighted by molar-refractivity contribution is 14.1. The maximum absolute atomic E-state index is 5.81. The van der Waals surface area contributed by atoms with Gasteiger partial charge in [0.1, 0.15) is 0 Å². The van der Waals surface area contributed by atoms with Crippen LogP contribution in [0.2, 0.25) is 0 Å². The molecule has 1 heterocycles. The number of halogens is 1. The van der Waals surface area contributed by atoms with Crippen LogP contribution in [0.15, 0.2) is 35.5 Å². The Hall–Kier alpha value is -0.530. The maximum Gasteiger partial charge on any atom is 0.0702 e. The average Bonchev–Trinajstić information content (AvgIpc) is 2.74. The number of nitrogens with two attached hydrogens (primary N) is 1.